The van der Waals surface area contributed by atoms with Crippen LogP contribution in [0.4, 0.5) is 22.0 Å². The van der Waals surface area contributed by atoms with Crippen molar-refractivity contribution < 1.29 is 13.9 Å². The Morgan fingerprint density at radius 3 is 2.57 bits per heavy atom. The molecule has 0 spiro atoms. The zero-order chi connectivity index (χ0) is 19.9. The number of nitrogens with zero attached hydrogens (tertiary/aromatic N) is 3. The third kappa shape index (κ3) is 5.65. The van der Waals surface area contributed by atoms with Gasteiger partial charge in [0.05, 0.1) is 0 Å². The number of hydrogen-bond acceptors (Lipinski definition) is 8. The van der Waals surface area contributed by atoms with Crippen LogP contribution in [-0.2, 0) is 16.1 Å². The number of hydrogen-bond donors (Lipinski definition) is 2. The maximum Gasteiger partial charge on any atom is 0.319 e. The largest absolute Gasteiger partial charge is 0.457 e. The summed E-state index contributed by atoms with van der Waals surface area (Å²) in [6.45, 7) is 1.63. The number of carbonyl (C=O) groups is 1. The lowest BCUT2D eigenvalue weighted by Crippen LogP contribution is -2.18. The maximum absolute atomic E-state index is 13.0. The highest BCUT2D eigenvalue weighted by atomic mass is 32.2. The number of aromatic nitrogens is 3. The van der Waals surface area contributed by atoms with Gasteiger partial charge in [0.15, 0.2) is 12.4 Å². The summed E-state index contributed by atoms with van der Waals surface area (Å²) in [4.78, 5) is 25.3. The average molecular weight is 399 g/mol. The fourth-order valence-electron chi connectivity index (χ4n) is 2.23. The Hall–Kier alpha value is -3.20. The molecule has 0 aliphatic rings. The molecule has 3 rings (SSSR count). The summed E-state index contributed by atoms with van der Waals surface area (Å²) in [5.41, 5.74) is 6.28. The molecule has 1 aromatic heterocycles. The number of halogens is 1. The summed E-state index contributed by atoms with van der Waals surface area (Å²) in [5.74, 6) is -0.367. The van der Waals surface area contributed by atoms with E-state index in [1.165, 1.54) is 36.0 Å². The summed E-state index contributed by atoms with van der Waals surface area (Å²) < 4.78 is 18.3. The SMILES string of the molecule is CC(Sc1ccccc1)C(=O)OCc1nc(N)nc(Nc2ccc(F)cc2)n1. The topological polar surface area (TPSA) is 103 Å². The minimum absolute atomic E-state index is 0.0163. The molecule has 1 unspecified atom stereocenters. The van der Waals surface area contributed by atoms with E-state index < -0.39 is 5.25 Å². The third-order valence-electron chi connectivity index (χ3n) is 3.53. The van der Waals surface area contributed by atoms with Gasteiger partial charge in [-0.25, -0.2) is 4.39 Å². The van der Waals surface area contributed by atoms with Crippen LogP contribution in [0.3, 0.4) is 0 Å². The van der Waals surface area contributed by atoms with Crippen LogP contribution < -0.4 is 11.1 Å². The second-order valence-electron chi connectivity index (χ2n) is 5.75. The van der Waals surface area contributed by atoms with E-state index in [0.29, 0.717) is 5.69 Å². The second kappa shape index (κ2) is 9.14. The van der Waals surface area contributed by atoms with Crippen LogP contribution in [0.5, 0.6) is 0 Å². The zero-order valence-electron chi connectivity index (χ0n) is 15.0. The van der Waals surface area contributed by atoms with E-state index in [2.05, 4.69) is 20.3 Å². The number of anilines is 3. The van der Waals surface area contributed by atoms with Crippen molar-refractivity contribution in [2.24, 2.45) is 0 Å². The molecule has 144 valence electrons. The smallest absolute Gasteiger partial charge is 0.319 e. The molecule has 0 fully saturated rings. The Labute approximate surface area is 165 Å². The highest BCUT2D eigenvalue weighted by Crippen LogP contribution is 2.23. The van der Waals surface area contributed by atoms with Crippen molar-refractivity contribution in [1.82, 2.24) is 15.0 Å². The van der Waals surface area contributed by atoms with E-state index in [4.69, 9.17) is 10.5 Å². The van der Waals surface area contributed by atoms with Gasteiger partial charge in [-0.3, -0.25) is 4.79 Å². The van der Waals surface area contributed by atoms with Crippen molar-refractivity contribution in [2.45, 2.75) is 23.7 Å². The number of carbonyl (C=O) groups excluding carboxylic acids is 1. The number of nitrogens with one attached hydrogen (secondary N) is 1. The van der Waals surface area contributed by atoms with Crippen LogP contribution in [-0.4, -0.2) is 26.2 Å². The second-order valence-corrected chi connectivity index (χ2v) is 7.16. The van der Waals surface area contributed by atoms with Gasteiger partial charge in [-0.1, -0.05) is 18.2 Å². The minimum Gasteiger partial charge on any atom is -0.457 e. The number of benzene rings is 2. The van der Waals surface area contributed by atoms with Crippen LogP contribution in [0.15, 0.2) is 59.5 Å². The van der Waals surface area contributed by atoms with Crippen molar-refractivity contribution in [3.8, 4) is 0 Å². The summed E-state index contributed by atoms with van der Waals surface area (Å²) in [5, 5.41) is 2.51. The molecule has 9 heteroatoms. The van der Waals surface area contributed by atoms with Gasteiger partial charge in [0, 0.05) is 10.6 Å². The molecule has 0 amide bonds. The Morgan fingerprint density at radius 2 is 1.86 bits per heavy atom. The quantitative estimate of drug-likeness (QED) is 0.459. The van der Waals surface area contributed by atoms with E-state index in [1.807, 2.05) is 30.3 Å². The Morgan fingerprint density at radius 1 is 1.14 bits per heavy atom. The molecule has 0 saturated heterocycles. The molecule has 0 radical (unpaired) electrons. The summed E-state index contributed by atoms with van der Waals surface area (Å²) >= 11 is 1.40. The minimum atomic E-state index is -0.390. The van der Waals surface area contributed by atoms with Crippen molar-refractivity contribution >= 4 is 35.3 Å². The summed E-state index contributed by atoms with van der Waals surface area (Å²) in [6, 6.07) is 15.3. The Bertz CT molecular complexity index is 941. The number of nitrogen functional groups attached to an aromatic ring is 1. The monoisotopic (exact) mass is 399 g/mol. The lowest BCUT2D eigenvalue weighted by Gasteiger charge is -2.11. The molecule has 2 aromatic carbocycles. The van der Waals surface area contributed by atoms with Gasteiger partial charge in [0.25, 0.3) is 0 Å². The highest BCUT2D eigenvalue weighted by molar-refractivity contribution is 8.00. The average Bonchev–Trinajstić information content (AvgIpc) is 2.68. The number of esters is 1. The van der Waals surface area contributed by atoms with E-state index in [1.54, 1.807) is 6.92 Å². The van der Waals surface area contributed by atoms with Gasteiger partial charge in [-0.15, -0.1) is 11.8 Å². The molecule has 1 heterocycles. The first kappa shape index (κ1) is 19.6. The van der Waals surface area contributed by atoms with Gasteiger partial charge in [-0.05, 0) is 43.3 Å². The number of rotatable bonds is 7. The molecule has 28 heavy (non-hydrogen) atoms. The molecule has 7 nitrogen and oxygen atoms in total. The van der Waals surface area contributed by atoms with Gasteiger partial charge >= 0.3 is 5.97 Å². The van der Waals surface area contributed by atoms with Gasteiger partial charge in [0.2, 0.25) is 11.9 Å². The van der Waals surface area contributed by atoms with E-state index in [0.717, 1.165) is 4.90 Å². The summed E-state index contributed by atoms with van der Waals surface area (Å²) in [6.07, 6.45) is 0. The van der Waals surface area contributed by atoms with Crippen LogP contribution in [0.2, 0.25) is 0 Å². The molecular formula is C19H18FN5O2S. The van der Waals surface area contributed by atoms with E-state index in [9.17, 15) is 9.18 Å². The molecule has 0 aliphatic carbocycles. The number of ether oxygens (including phenoxy) is 1. The molecular weight excluding hydrogens is 381 g/mol. The number of thioether (sulfide) groups is 1. The van der Waals surface area contributed by atoms with Crippen molar-refractivity contribution in [2.75, 3.05) is 11.1 Å². The lowest BCUT2D eigenvalue weighted by molar-refractivity contribution is -0.144. The predicted octanol–water partition coefficient (Wildman–Crippen LogP) is 3.56. The first-order valence-corrected chi connectivity index (χ1v) is 9.29. The molecule has 3 aromatic rings. The van der Waals surface area contributed by atoms with Crippen LogP contribution >= 0.6 is 11.8 Å². The first-order chi connectivity index (χ1) is 13.5. The number of nitrogens with two attached hydrogens (primary N) is 1. The molecule has 0 aliphatic heterocycles. The van der Waals surface area contributed by atoms with Gasteiger partial charge < -0.3 is 15.8 Å². The van der Waals surface area contributed by atoms with Crippen molar-refractivity contribution in [3.05, 3.63) is 66.2 Å². The third-order valence-corrected chi connectivity index (χ3v) is 4.62. The van der Waals surface area contributed by atoms with E-state index >= 15 is 0 Å². The van der Waals surface area contributed by atoms with E-state index in [-0.39, 0.29) is 36.1 Å². The van der Waals surface area contributed by atoms with Crippen molar-refractivity contribution in [3.63, 3.8) is 0 Å². The predicted molar refractivity (Wildman–Crippen MR) is 105 cm³/mol. The molecule has 0 bridgehead atoms. The fraction of sp³-hybridized carbons (Fsp3) is 0.158. The van der Waals surface area contributed by atoms with Crippen LogP contribution in [0, 0.1) is 5.82 Å². The van der Waals surface area contributed by atoms with Crippen molar-refractivity contribution in [1.29, 1.82) is 0 Å². The van der Waals surface area contributed by atoms with Gasteiger partial charge in [0.1, 0.15) is 11.1 Å². The maximum atomic E-state index is 13.0. The first-order valence-electron chi connectivity index (χ1n) is 8.41. The molecule has 1 atom stereocenters. The molecule has 3 N–H and O–H groups in total. The normalized spacial score (nSPS) is 11.6. The standard InChI is InChI=1S/C19H18FN5O2S/c1-12(28-15-5-3-2-4-6-15)17(26)27-11-16-23-18(21)25-19(24-16)22-14-9-7-13(20)8-10-14/h2-10,12H,11H2,1H3,(H3,21,22,23,24,25). The Balaban J connectivity index is 1.60. The van der Waals surface area contributed by atoms with Crippen LogP contribution in [0.1, 0.15) is 12.7 Å². The van der Waals surface area contributed by atoms with Gasteiger partial charge in [-0.2, -0.15) is 15.0 Å². The zero-order valence-corrected chi connectivity index (χ0v) is 15.8. The Kier molecular flexibility index (Phi) is 6.38. The molecule has 0 saturated carbocycles. The summed E-state index contributed by atoms with van der Waals surface area (Å²) in [7, 11) is 0. The fourth-order valence-corrected chi connectivity index (χ4v) is 3.11. The highest BCUT2D eigenvalue weighted by Gasteiger charge is 2.17. The lowest BCUT2D eigenvalue weighted by atomic mass is 10.3. The van der Waals surface area contributed by atoms with Crippen LogP contribution in [0.25, 0.3) is 0 Å².